The molecule has 1 heterocycles. The number of sulfonamides is 1. The van der Waals surface area contributed by atoms with Gasteiger partial charge in [0, 0.05) is 24.3 Å². The lowest BCUT2D eigenvalue weighted by molar-refractivity contribution is -0.0440. The van der Waals surface area contributed by atoms with E-state index in [1.165, 1.54) is 22.5 Å². The second-order valence-electron chi connectivity index (χ2n) is 7.14. The van der Waals surface area contributed by atoms with Gasteiger partial charge in [-0.3, -0.25) is 4.79 Å². The van der Waals surface area contributed by atoms with Gasteiger partial charge in [-0.2, -0.15) is 4.31 Å². The number of morpholine rings is 1. The Morgan fingerprint density at radius 3 is 2.40 bits per heavy atom. The summed E-state index contributed by atoms with van der Waals surface area (Å²) in [6.07, 6.45) is -0.457. The van der Waals surface area contributed by atoms with Crippen molar-refractivity contribution in [3.05, 3.63) is 53.1 Å². The molecule has 0 aromatic heterocycles. The number of hydrogen-bond acceptors (Lipinski definition) is 5. The average molecular weight is 453 g/mol. The fraction of sp³-hybridized carbons (Fsp3) is 0.381. The average Bonchev–Trinajstić information content (AvgIpc) is 2.69. The Hall–Kier alpha value is -2.13. The van der Waals surface area contributed by atoms with Crippen LogP contribution in [-0.4, -0.2) is 50.5 Å². The molecule has 0 bridgehead atoms. The van der Waals surface area contributed by atoms with Crippen LogP contribution in [-0.2, 0) is 14.8 Å². The van der Waals surface area contributed by atoms with Gasteiger partial charge in [0.25, 0.3) is 5.91 Å². The molecule has 0 aliphatic carbocycles. The Balaban J connectivity index is 1.82. The summed E-state index contributed by atoms with van der Waals surface area (Å²) in [4.78, 5) is 12.6. The van der Waals surface area contributed by atoms with E-state index in [0.717, 1.165) is 0 Å². The second kappa shape index (κ2) is 9.34. The Morgan fingerprint density at radius 1 is 1.17 bits per heavy atom. The normalized spacial score (nSPS) is 20.0. The van der Waals surface area contributed by atoms with E-state index in [1.807, 2.05) is 20.8 Å². The molecule has 3 rings (SSSR count). The molecule has 1 fully saturated rings. The van der Waals surface area contributed by atoms with Gasteiger partial charge in [0.15, 0.2) is 0 Å². The summed E-state index contributed by atoms with van der Waals surface area (Å²) in [6.45, 7) is 6.53. The van der Waals surface area contributed by atoms with E-state index in [0.29, 0.717) is 18.0 Å². The molecule has 2 atom stereocenters. The summed E-state index contributed by atoms with van der Waals surface area (Å²) in [5.74, 6) is 0.264. The van der Waals surface area contributed by atoms with Crippen LogP contribution in [0.15, 0.2) is 47.4 Å². The molecule has 9 heteroatoms. The number of benzene rings is 2. The number of anilines is 1. The first-order valence-electron chi connectivity index (χ1n) is 9.70. The third kappa shape index (κ3) is 5.13. The van der Waals surface area contributed by atoms with Crippen LogP contribution < -0.4 is 10.1 Å². The van der Waals surface area contributed by atoms with Crippen molar-refractivity contribution in [2.75, 3.05) is 25.0 Å². The van der Waals surface area contributed by atoms with Crippen molar-refractivity contribution in [2.24, 2.45) is 0 Å². The summed E-state index contributed by atoms with van der Waals surface area (Å²) < 4.78 is 38.7. The number of hydrogen-bond donors (Lipinski definition) is 1. The maximum Gasteiger partial charge on any atom is 0.255 e. The first-order valence-corrected chi connectivity index (χ1v) is 11.5. The van der Waals surface area contributed by atoms with Gasteiger partial charge in [0.1, 0.15) is 10.6 Å². The van der Waals surface area contributed by atoms with Crippen LogP contribution in [0.3, 0.4) is 0 Å². The molecule has 0 spiro atoms. The van der Waals surface area contributed by atoms with Gasteiger partial charge in [-0.15, -0.1) is 0 Å². The molecule has 1 aliphatic rings. The van der Waals surface area contributed by atoms with Crippen molar-refractivity contribution in [3.8, 4) is 5.75 Å². The number of nitrogens with one attached hydrogen (secondary N) is 1. The van der Waals surface area contributed by atoms with E-state index in [4.69, 9.17) is 21.1 Å². The molecule has 162 valence electrons. The lowest BCUT2D eigenvalue weighted by Crippen LogP contribution is -2.48. The fourth-order valence-corrected chi connectivity index (χ4v) is 5.40. The summed E-state index contributed by atoms with van der Waals surface area (Å²) in [7, 11) is -3.87. The van der Waals surface area contributed by atoms with Crippen molar-refractivity contribution in [1.82, 2.24) is 4.31 Å². The molecular formula is C21H25ClN2O5S. The molecule has 0 saturated carbocycles. The Bertz CT molecular complexity index is 1000. The third-order valence-corrected chi connectivity index (χ3v) is 6.93. The number of amides is 1. The van der Waals surface area contributed by atoms with Crippen LogP contribution in [0, 0.1) is 0 Å². The zero-order chi connectivity index (χ0) is 21.9. The van der Waals surface area contributed by atoms with Gasteiger partial charge in [-0.05, 0) is 63.2 Å². The first kappa shape index (κ1) is 22.6. The standard InChI is InChI=1S/C21H25ClN2O5S/c1-4-28-18-8-6-17(7-9-18)23-21(25)16-5-10-19(22)20(11-16)30(26,27)24-12-14(2)29-15(3)13-24/h5-11,14-15H,4,12-13H2,1-3H3,(H,23,25)/t14-,15+. The molecule has 1 saturated heterocycles. The van der Waals surface area contributed by atoms with Crippen molar-refractivity contribution in [2.45, 2.75) is 37.9 Å². The van der Waals surface area contributed by atoms with Gasteiger partial charge in [-0.1, -0.05) is 11.6 Å². The van der Waals surface area contributed by atoms with E-state index < -0.39 is 15.9 Å². The highest BCUT2D eigenvalue weighted by Gasteiger charge is 2.33. The largest absolute Gasteiger partial charge is 0.494 e. The summed E-state index contributed by atoms with van der Waals surface area (Å²) in [6, 6.07) is 11.2. The quantitative estimate of drug-likeness (QED) is 0.720. The minimum Gasteiger partial charge on any atom is -0.494 e. The maximum absolute atomic E-state index is 13.2. The van der Waals surface area contributed by atoms with Crippen molar-refractivity contribution < 1.29 is 22.7 Å². The third-order valence-electron chi connectivity index (χ3n) is 4.62. The maximum atomic E-state index is 13.2. The van der Waals surface area contributed by atoms with E-state index in [9.17, 15) is 13.2 Å². The Morgan fingerprint density at radius 2 is 1.80 bits per heavy atom. The molecule has 2 aromatic rings. The zero-order valence-electron chi connectivity index (χ0n) is 17.1. The minimum atomic E-state index is -3.87. The van der Waals surface area contributed by atoms with Gasteiger partial charge in [0.2, 0.25) is 10.0 Å². The zero-order valence-corrected chi connectivity index (χ0v) is 18.7. The van der Waals surface area contributed by atoms with Gasteiger partial charge in [0.05, 0.1) is 23.8 Å². The van der Waals surface area contributed by atoms with E-state index in [1.54, 1.807) is 24.3 Å². The number of halogens is 1. The smallest absolute Gasteiger partial charge is 0.255 e. The minimum absolute atomic E-state index is 0.0689. The molecule has 0 radical (unpaired) electrons. The van der Waals surface area contributed by atoms with Gasteiger partial charge < -0.3 is 14.8 Å². The number of carbonyl (C=O) groups is 1. The molecule has 0 unspecified atom stereocenters. The summed E-state index contributed by atoms with van der Waals surface area (Å²) >= 11 is 6.20. The van der Waals surface area contributed by atoms with Crippen LogP contribution in [0.1, 0.15) is 31.1 Å². The number of ether oxygens (including phenoxy) is 2. The molecule has 1 N–H and O–H groups in total. The molecule has 7 nitrogen and oxygen atoms in total. The van der Waals surface area contributed by atoms with Crippen LogP contribution in [0.4, 0.5) is 5.69 Å². The van der Waals surface area contributed by atoms with Crippen LogP contribution >= 0.6 is 11.6 Å². The molecule has 1 amide bonds. The SMILES string of the molecule is CCOc1ccc(NC(=O)c2ccc(Cl)c(S(=O)(=O)N3C[C@@H](C)O[C@@H](C)C3)c2)cc1. The first-order chi connectivity index (χ1) is 14.2. The number of rotatable bonds is 6. The predicted molar refractivity (Wildman–Crippen MR) is 116 cm³/mol. The highest BCUT2D eigenvalue weighted by atomic mass is 35.5. The molecule has 30 heavy (non-hydrogen) atoms. The molecular weight excluding hydrogens is 428 g/mol. The van der Waals surface area contributed by atoms with Crippen molar-refractivity contribution in [3.63, 3.8) is 0 Å². The monoisotopic (exact) mass is 452 g/mol. The lowest BCUT2D eigenvalue weighted by atomic mass is 10.2. The topological polar surface area (TPSA) is 84.9 Å². The summed E-state index contributed by atoms with van der Waals surface area (Å²) in [5, 5.41) is 2.82. The van der Waals surface area contributed by atoms with Crippen molar-refractivity contribution in [1.29, 1.82) is 0 Å². The number of carbonyl (C=O) groups excluding carboxylic acids is 1. The van der Waals surface area contributed by atoms with Crippen LogP contribution in [0.5, 0.6) is 5.75 Å². The van der Waals surface area contributed by atoms with Crippen LogP contribution in [0.2, 0.25) is 5.02 Å². The molecule has 2 aromatic carbocycles. The predicted octanol–water partition coefficient (Wildman–Crippen LogP) is 3.79. The van der Waals surface area contributed by atoms with E-state index in [-0.39, 0.29) is 40.8 Å². The highest BCUT2D eigenvalue weighted by Crippen LogP contribution is 2.28. The van der Waals surface area contributed by atoms with Crippen LogP contribution in [0.25, 0.3) is 0 Å². The van der Waals surface area contributed by atoms with Gasteiger partial charge in [-0.25, -0.2) is 8.42 Å². The number of nitrogens with zero attached hydrogens (tertiary/aromatic N) is 1. The van der Waals surface area contributed by atoms with Gasteiger partial charge >= 0.3 is 0 Å². The van der Waals surface area contributed by atoms with E-state index >= 15 is 0 Å². The lowest BCUT2D eigenvalue weighted by Gasteiger charge is -2.34. The van der Waals surface area contributed by atoms with Crippen molar-refractivity contribution >= 4 is 33.2 Å². The van der Waals surface area contributed by atoms with E-state index in [2.05, 4.69) is 5.32 Å². The fourth-order valence-electron chi connectivity index (χ4n) is 3.31. The highest BCUT2D eigenvalue weighted by molar-refractivity contribution is 7.89. The molecule has 1 aliphatic heterocycles. The Labute approximate surface area is 182 Å². The Kier molecular flexibility index (Phi) is 7.02. The summed E-state index contributed by atoms with van der Waals surface area (Å²) in [5.41, 5.74) is 0.764. The second-order valence-corrected chi connectivity index (χ2v) is 9.45.